The zero-order valence-electron chi connectivity index (χ0n) is 8.64. The molecule has 2 nitrogen and oxygen atoms in total. The number of ether oxygens (including phenoxy) is 1. The molecule has 0 rings (SSSR count). The van der Waals surface area contributed by atoms with Crippen molar-refractivity contribution in [1.82, 2.24) is 0 Å². The van der Waals surface area contributed by atoms with Crippen molar-refractivity contribution in [2.45, 2.75) is 39.7 Å². The Balaban J connectivity index is 3.84. The molecule has 1 N–H and O–H groups in total. The number of aliphatic hydroxyl groups excluding tert-OH is 1. The van der Waals surface area contributed by atoms with E-state index < -0.39 is 19.1 Å². The maximum atomic E-state index is 11.6. The van der Waals surface area contributed by atoms with Crippen molar-refractivity contribution >= 4 is 0 Å². The first kappa shape index (κ1) is 13.7. The topological polar surface area (TPSA) is 29.5 Å². The molecule has 0 aromatic heterocycles. The van der Waals surface area contributed by atoms with Gasteiger partial charge in [0.15, 0.2) is 0 Å². The lowest BCUT2D eigenvalue weighted by molar-refractivity contribution is -0.325. The molecule has 0 bridgehead atoms. The van der Waals surface area contributed by atoms with Gasteiger partial charge in [-0.2, -0.15) is 0 Å². The van der Waals surface area contributed by atoms with E-state index in [1.165, 1.54) is 0 Å². The largest absolute Gasteiger partial charge is 0.522 e. The van der Waals surface area contributed by atoms with Crippen LogP contribution < -0.4 is 0 Å². The second-order valence-corrected chi connectivity index (χ2v) is 3.73. The summed E-state index contributed by atoms with van der Waals surface area (Å²) in [7, 11) is 0. The highest BCUT2D eigenvalue weighted by Gasteiger charge is 2.29. The third-order valence-corrected chi connectivity index (χ3v) is 2.19. The van der Waals surface area contributed by atoms with Crippen LogP contribution in [0.3, 0.4) is 0 Å². The third kappa shape index (κ3) is 6.21. The fourth-order valence-electron chi connectivity index (χ4n) is 1.44. The SMILES string of the molecule is CC(C)C(CCOC(F)(F)F)C(C)O. The molecule has 0 aromatic carbocycles. The van der Waals surface area contributed by atoms with Crippen LogP contribution in [0.25, 0.3) is 0 Å². The van der Waals surface area contributed by atoms with Crippen LogP contribution in [0.5, 0.6) is 0 Å². The average Bonchev–Trinajstić information content (AvgIpc) is 1.94. The summed E-state index contributed by atoms with van der Waals surface area (Å²) in [6.07, 6.45) is -4.96. The summed E-state index contributed by atoms with van der Waals surface area (Å²) in [6.45, 7) is 4.92. The van der Waals surface area contributed by atoms with E-state index in [0.29, 0.717) is 0 Å². The molecule has 0 heterocycles. The maximum absolute atomic E-state index is 11.6. The lowest BCUT2D eigenvalue weighted by Gasteiger charge is -2.23. The Morgan fingerprint density at radius 1 is 1.21 bits per heavy atom. The van der Waals surface area contributed by atoms with Gasteiger partial charge in [0.1, 0.15) is 0 Å². The van der Waals surface area contributed by atoms with Gasteiger partial charge >= 0.3 is 6.36 Å². The summed E-state index contributed by atoms with van der Waals surface area (Å²) in [4.78, 5) is 0. The minimum Gasteiger partial charge on any atom is -0.393 e. The fourth-order valence-corrected chi connectivity index (χ4v) is 1.44. The highest BCUT2D eigenvalue weighted by Crippen LogP contribution is 2.22. The molecule has 0 amide bonds. The molecule has 0 radical (unpaired) electrons. The van der Waals surface area contributed by atoms with E-state index in [1.54, 1.807) is 6.92 Å². The van der Waals surface area contributed by atoms with Crippen molar-refractivity contribution in [1.29, 1.82) is 0 Å². The molecule has 86 valence electrons. The predicted octanol–water partition coefficient (Wildman–Crippen LogP) is 2.57. The third-order valence-electron chi connectivity index (χ3n) is 2.19. The second-order valence-electron chi connectivity index (χ2n) is 3.73. The van der Waals surface area contributed by atoms with Gasteiger partial charge in [-0.15, -0.1) is 13.2 Å². The van der Waals surface area contributed by atoms with Crippen molar-refractivity contribution in [3.63, 3.8) is 0 Å². The van der Waals surface area contributed by atoms with E-state index in [4.69, 9.17) is 0 Å². The van der Waals surface area contributed by atoms with Gasteiger partial charge in [-0.3, -0.25) is 4.74 Å². The van der Waals surface area contributed by atoms with E-state index in [2.05, 4.69) is 4.74 Å². The molecule has 0 aliphatic heterocycles. The van der Waals surface area contributed by atoms with Crippen LogP contribution in [0.1, 0.15) is 27.2 Å². The fraction of sp³-hybridized carbons (Fsp3) is 1.00. The van der Waals surface area contributed by atoms with Crippen molar-refractivity contribution < 1.29 is 23.0 Å². The highest BCUT2D eigenvalue weighted by atomic mass is 19.4. The van der Waals surface area contributed by atoms with Crippen LogP contribution in [-0.2, 0) is 4.74 Å². The van der Waals surface area contributed by atoms with Crippen molar-refractivity contribution in [2.75, 3.05) is 6.61 Å². The van der Waals surface area contributed by atoms with Gasteiger partial charge in [-0.05, 0) is 25.2 Å². The van der Waals surface area contributed by atoms with Crippen LogP contribution >= 0.6 is 0 Å². The monoisotopic (exact) mass is 214 g/mol. The molecule has 0 spiro atoms. The molecule has 0 aliphatic rings. The van der Waals surface area contributed by atoms with E-state index in [0.717, 1.165) is 0 Å². The number of hydrogen-bond donors (Lipinski definition) is 1. The Kier molecular flexibility index (Phi) is 5.44. The van der Waals surface area contributed by atoms with Crippen LogP contribution in [0.2, 0.25) is 0 Å². The highest BCUT2D eigenvalue weighted by molar-refractivity contribution is 4.68. The van der Waals surface area contributed by atoms with Crippen molar-refractivity contribution in [2.24, 2.45) is 11.8 Å². The number of rotatable bonds is 5. The minimum absolute atomic E-state index is 0.145. The van der Waals surface area contributed by atoms with E-state index >= 15 is 0 Å². The number of aliphatic hydroxyl groups is 1. The Labute approximate surface area is 82.1 Å². The minimum atomic E-state index is -4.57. The molecule has 0 aromatic rings. The van der Waals surface area contributed by atoms with E-state index in [-0.39, 0.29) is 18.3 Å². The molecule has 0 fully saturated rings. The van der Waals surface area contributed by atoms with Crippen LogP contribution in [0.15, 0.2) is 0 Å². The van der Waals surface area contributed by atoms with Gasteiger partial charge in [0, 0.05) is 0 Å². The van der Waals surface area contributed by atoms with E-state index in [9.17, 15) is 18.3 Å². The van der Waals surface area contributed by atoms with Crippen LogP contribution in [-0.4, -0.2) is 24.2 Å². The number of halogens is 3. The van der Waals surface area contributed by atoms with Gasteiger partial charge in [0.2, 0.25) is 0 Å². The summed E-state index contributed by atoms with van der Waals surface area (Å²) >= 11 is 0. The van der Waals surface area contributed by atoms with Crippen LogP contribution in [0.4, 0.5) is 13.2 Å². The van der Waals surface area contributed by atoms with Gasteiger partial charge in [-0.25, -0.2) is 0 Å². The summed E-state index contributed by atoms with van der Waals surface area (Å²) in [5, 5.41) is 9.28. The lowest BCUT2D eigenvalue weighted by atomic mass is 9.88. The van der Waals surface area contributed by atoms with Gasteiger partial charge in [0.25, 0.3) is 0 Å². The van der Waals surface area contributed by atoms with Gasteiger partial charge in [-0.1, -0.05) is 13.8 Å². The average molecular weight is 214 g/mol. The molecule has 2 atom stereocenters. The number of hydrogen-bond acceptors (Lipinski definition) is 2. The first-order valence-electron chi connectivity index (χ1n) is 4.62. The van der Waals surface area contributed by atoms with Crippen molar-refractivity contribution in [3.05, 3.63) is 0 Å². The maximum Gasteiger partial charge on any atom is 0.522 e. The number of alkyl halides is 3. The summed E-state index contributed by atoms with van der Waals surface area (Å²) < 4.78 is 38.5. The molecule has 0 saturated carbocycles. The predicted molar refractivity (Wildman–Crippen MR) is 46.6 cm³/mol. The Bertz CT molecular complexity index is 147. The molecule has 0 aliphatic carbocycles. The molecule has 2 unspecified atom stereocenters. The zero-order valence-corrected chi connectivity index (χ0v) is 8.64. The molecular formula is C9H17F3O2. The molecule has 0 saturated heterocycles. The molecular weight excluding hydrogens is 197 g/mol. The normalized spacial score (nSPS) is 17.1. The first-order valence-corrected chi connectivity index (χ1v) is 4.62. The lowest BCUT2D eigenvalue weighted by Crippen LogP contribution is -2.25. The van der Waals surface area contributed by atoms with Gasteiger partial charge < -0.3 is 5.11 Å². The summed E-state index contributed by atoms with van der Waals surface area (Å²) in [5.41, 5.74) is 0. The first-order chi connectivity index (χ1) is 6.24. The Hall–Kier alpha value is -0.290. The smallest absolute Gasteiger partial charge is 0.393 e. The second kappa shape index (κ2) is 5.56. The molecule has 14 heavy (non-hydrogen) atoms. The molecule has 5 heteroatoms. The van der Waals surface area contributed by atoms with Gasteiger partial charge in [0.05, 0.1) is 12.7 Å². The quantitative estimate of drug-likeness (QED) is 0.762. The summed E-state index contributed by atoms with van der Waals surface area (Å²) in [6, 6.07) is 0. The van der Waals surface area contributed by atoms with E-state index in [1.807, 2.05) is 13.8 Å². The van der Waals surface area contributed by atoms with Crippen molar-refractivity contribution in [3.8, 4) is 0 Å². The Morgan fingerprint density at radius 2 is 1.71 bits per heavy atom. The standard InChI is InChI=1S/C9H17F3O2/c1-6(2)8(7(3)13)4-5-14-9(10,11)12/h6-8,13H,4-5H2,1-3H3. The summed E-state index contributed by atoms with van der Waals surface area (Å²) in [5.74, 6) is -0.0100. The van der Waals surface area contributed by atoms with Crippen LogP contribution in [0, 0.1) is 11.8 Å². The Morgan fingerprint density at radius 3 is 2.00 bits per heavy atom. The zero-order chi connectivity index (χ0) is 11.4.